The summed E-state index contributed by atoms with van der Waals surface area (Å²) in [6, 6.07) is 7.65. The molecule has 1 saturated carbocycles. The Bertz CT molecular complexity index is 859. The molecular weight excluding hydrogens is 366 g/mol. The van der Waals surface area contributed by atoms with Crippen LogP contribution in [-0.2, 0) is 14.3 Å². The van der Waals surface area contributed by atoms with Crippen molar-refractivity contribution in [3.63, 3.8) is 0 Å². The maximum atomic E-state index is 13.3. The first-order valence-corrected chi connectivity index (χ1v) is 10.7. The van der Waals surface area contributed by atoms with Gasteiger partial charge in [-0.05, 0) is 63.1 Å². The summed E-state index contributed by atoms with van der Waals surface area (Å²) >= 11 is 0. The monoisotopic (exact) mass is 395 g/mol. The van der Waals surface area contributed by atoms with Crippen LogP contribution in [0.5, 0.6) is 5.75 Å². The Balaban J connectivity index is 1.72. The molecule has 0 radical (unpaired) electrons. The zero-order valence-corrected chi connectivity index (χ0v) is 17.3. The van der Waals surface area contributed by atoms with E-state index in [0.29, 0.717) is 12.0 Å². The maximum absolute atomic E-state index is 13.3. The number of hydrogen-bond acceptors (Lipinski definition) is 5. The molecule has 5 nitrogen and oxygen atoms in total. The number of benzene rings is 1. The average molecular weight is 395 g/mol. The molecule has 0 amide bonds. The zero-order chi connectivity index (χ0) is 20.4. The average Bonchev–Trinajstić information content (AvgIpc) is 2.73. The molecule has 1 unspecified atom stereocenters. The van der Waals surface area contributed by atoms with Crippen molar-refractivity contribution in [1.29, 1.82) is 0 Å². The molecule has 0 bridgehead atoms. The molecule has 1 N–H and O–H groups in total. The molecule has 1 heterocycles. The second kappa shape index (κ2) is 8.44. The maximum Gasteiger partial charge on any atom is 0.337 e. The summed E-state index contributed by atoms with van der Waals surface area (Å²) in [4.78, 5) is 26.2. The summed E-state index contributed by atoms with van der Waals surface area (Å²) in [5.74, 6) is 0.183. The number of Topliss-reactive ketones (excluding diaryl/α,β-unsaturated/α-hetero) is 1. The van der Waals surface area contributed by atoms with Crippen molar-refractivity contribution in [2.24, 2.45) is 0 Å². The van der Waals surface area contributed by atoms with Crippen molar-refractivity contribution < 1.29 is 19.1 Å². The normalized spacial score (nSPS) is 22.8. The second-order valence-electron chi connectivity index (χ2n) is 8.20. The lowest BCUT2D eigenvalue weighted by atomic mass is 9.75. The number of allylic oxidation sites excluding steroid dienone is 3. The minimum absolute atomic E-state index is 0.0227. The third-order valence-electron chi connectivity index (χ3n) is 6.27. The van der Waals surface area contributed by atoms with Crippen LogP contribution < -0.4 is 10.1 Å². The minimum Gasteiger partial charge on any atom is -0.497 e. The third-order valence-corrected chi connectivity index (χ3v) is 6.27. The molecule has 1 fully saturated rings. The van der Waals surface area contributed by atoms with Crippen molar-refractivity contribution in [3.05, 3.63) is 52.4 Å². The van der Waals surface area contributed by atoms with E-state index >= 15 is 0 Å². The van der Waals surface area contributed by atoms with Gasteiger partial charge in [0.25, 0.3) is 0 Å². The molecule has 5 heteroatoms. The number of rotatable bonds is 4. The van der Waals surface area contributed by atoms with E-state index in [1.807, 2.05) is 31.2 Å². The fourth-order valence-corrected chi connectivity index (χ4v) is 4.78. The topological polar surface area (TPSA) is 64.6 Å². The van der Waals surface area contributed by atoms with Gasteiger partial charge < -0.3 is 14.8 Å². The zero-order valence-electron chi connectivity index (χ0n) is 17.3. The van der Waals surface area contributed by atoms with Crippen LogP contribution in [0.15, 0.2) is 46.8 Å². The van der Waals surface area contributed by atoms with Gasteiger partial charge in [-0.15, -0.1) is 0 Å². The van der Waals surface area contributed by atoms with Crippen LogP contribution in [0, 0.1) is 0 Å². The predicted octanol–water partition coefficient (Wildman–Crippen LogP) is 4.54. The summed E-state index contributed by atoms with van der Waals surface area (Å²) in [6.07, 6.45) is 7.43. The van der Waals surface area contributed by atoms with Crippen molar-refractivity contribution in [2.75, 3.05) is 7.11 Å². The molecule has 29 heavy (non-hydrogen) atoms. The number of nitrogens with one attached hydrogen (secondary N) is 1. The van der Waals surface area contributed by atoms with Crippen molar-refractivity contribution in [2.45, 2.75) is 70.3 Å². The highest BCUT2D eigenvalue weighted by molar-refractivity contribution is 6.03. The number of carbonyl (C=O) groups excluding carboxylic acids is 2. The number of dihydropyridines is 1. The lowest BCUT2D eigenvalue weighted by Gasteiger charge is -2.35. The smallest absolute Gasteiger partial charge is 0.337 e. The Morgan fingerprint density at radius 2 is 1.76 bits per heavy atom. The van der Waals surface area contributed by atoms with E-state index in [4.69, 9.17) is 9.47 Å². The molecule has 1 aliphatic heterocycles. The van der Waals surface area contributed by atoms with Gasteiger partial charge >= 0.3 is 5.97 Å². The summed E-state index contributed by atoms with van der Waals surface area (Å²) in [5.41, 5.74) is 3.95. The SMILES string of the molecule is COc1ccc(C2C(C(=O)OC3CCCCC3)=C(C)NC3=C2C(=O)CCC3)cc1. The number of methoxy groups -OCH3 is 1. The number of ether oxygens (including phenoxy) is 2. The van der Waals surface area contributed by atoms with E-state index in [1.54, 1.807) is 7.11 Å². The first kappa shape index (κ1) is 19.7. The molecule has 154 valence electrons. The van der Waals surface area contributed by atoms with E-state index in [-0.39, 0.29) is 23.8 Å². The van der Waals surface area contributed by atoms with Crippen molar-refractivity contribution in [3.8, 4) is 5.75 Å². The number of ketones is 1. The summed E-state index contributed by atoms with van der Waals surface area (Å²) in [6.45, 7) is 1.91. The van der Waals surface area contributed by atoms with Gasteiger partial charge in [0.1, 0.15) is 11.9 Å². The predicted molar refractivity (Wildman–Crippen MR) is 110 cm³/mol. The molecule has 2 aliphatic carbocycles. The van der Waals surface area contributed by atoms with E-state index in [9.17, 15) is 9.59 Å². The van der Waals surface area contributed by atoms with E-state index in [2.05, 4.69) is 5.32 Å². The Labute approximate surface area is 172 Å². The van der Waals surface area contributed by atoms with E-state index in [1.165, 1.54) is 6.42 Å². The van der Waals surface area contributed by atoms with Gasteiger partial charge in [0, 0.05) is 29.3 Å². The van der Waals surface area contributed by atoms with Gasteiger partial charge in [-0.3, -0.25) is 4.79 Å². The molecule has 0 aromatic heterocycles. The number of esters is 1. The Morgan fingerprint density at radius 3 is 2.45 bits per heavy atom. The first-order valence-electron chi connectivity index (χ1n) is 10.7. The second-order valence-corrected chi connectivity index (χ2v) is 8.20. The van der Waals surface area contributed by atoms with Crippen molar-refractivity contribution in [1.82, 2.24) is 5.32 Å². The van der Waals surface area contributed by atoms with Gasteiger partial charge in [-0.1, -0.05) is 18.6 Å². The standard InChI is InChI=1S/C24H29NO4/c1-15-21(24(27)29-18-7-4-3-5-8-18)22(16-11-13-17(28-2)14-12-16)23-19(25-15)9-6-10-20(23)26/h11-14,18,22,25H,3-10H2,1-2H3. The Hall–Kier alpha value is -2.56. The molecule has 1 aromatic rings. The molecular formula is C24H29NO4. The van der Waals surface area contributed by atoms with Crippen LogP contribution in [-0.4, -0.2) is 25.0 Å². The summed E-state index contributed by atoms with van der Waals surface area (Å²) in [7, 11) is 1.63. The van der Waals surface area contributed by atoms with Crippen LogP contribution in [0.25, 0.3) is 0 Å². The fourth-order valence-electron chi connectivity index (χ4n) is 4.78. The van der Waals surface area contributed by atoms with Crippen LogP contribution in [0.2, 0.25) is 0 Å². The summed E-state index contributed by atoms with van der Waals surface area (Å²) < 4.78 is 11.2. The van der Waals surface area contributed by atoms with E-state index in [0.717, 1.165) is 66.8 Å². The van der Waals surface area contributed by atoms with Gasteiger partial charge in [0.05, 0.1) is 12.7 Å². The van der Waals surface area contributed by atoms with Gasteiger partial charge in [0.2, 0.25) is 0 Å². The lowest BCUT2D eigenvalue weighted by molar-refractivity contribution is -0.146. The van der Waals surface area contributed by atoms with Gasteiger partial charge in [-0.25, -0.2) is 4.79 Å². The molecule has 1 aromatic carbocycles. The highest BCUT2D eigenvalue weighted by Gasteiger charge is 2.39. The Kier molecular flexibility index (Phi) is 5.74. The molecule has 0 spiro atoms. The molecule has 4 rings (SSSR count). The summed E-state index contributed by atoms with van der Waals surface area (Å²) in [5, 5.41) is 3.35. The lowest BCUT2D eigenvalue weighted by Crippen LogP contribution is -2.35. The first-order chi connectivity index (χ1) is 14.1. The fraction of sp³-hybridized carbons (Fsp3) is 0.500. The van der Waals surface area contributed by atoms with Crippen molar-refractivity contribution >= 4 is 11.8 Å². The number of carbonyl (C=O) groups is 2. The highest BCUT2D eigenvalue weighted by atomic mass is 16.5. The van der Waals surface area contributed by atoms with Crippen LogP contribution in [0.1, 0.15) is 69.8 Å². The largest absolute Gasteiger partial charge is 0.497 e. The third kappa shape index (κ3) is 3.96. The van der Waals surface area contributed by atoms with E-state index < -0.39 is 0 Å². The number of hydrogen-bond donors (Lipinski definition) is 1. The molecule has 1 atom stereocenters. The Morgan fingerprint density at radius 1 is 1.03 bits per heavy atom. The van der Waals surface area contributed by atoms with Crippen LogP contribution in [0.3, 0.4) is 0 Å². The molecule has 3 aliphatic rings. The van der Waals surface area contributed by atoms with Crippen LogP contribution in [0.4, 0.5) is 0 Å². The van der Waals surface area contributed by atoms with Crippen LogP contribution >= 0.6 is 0 Å². The van der Waals surface area contributed by atoms with Gasteiger partial charge in [0.15, 0.2) is 5.78 Å². The minimum atomic E-state index is -0.388. The highest BCUT2D eigenvalue weighted by Crippen LogP contribution is 2.43. The van der Waals surface area contributed by atoms with Gasteiger partial charge in [-0.2, -0.15) is 0 Å². The molecule has 0 saturated heterocycles. The quantitative estimate of drug-likeness (QED) is 0.759.